The van der Waals surface area contributed by atoms with E-state index in [0.717, 1.165) is 19.3 Å². The van der Waals surface area contributed by atoms with Crippen molar-refractivity contribution in [1.29, 1.82) is 0 Å². The molecule has 0 bridgehead atoms. The lowest BCUT2D eigenvalue weighted by Gasteiger charge is -2.57. The fourth-order valence-electron chi connectivity index (χ4n) is 5.60. The van der Waals surface area contributed by atoms with E-state index in [1.165, 1.54) is 38.7 Å². The highest BCUT2D eigenvalue weighted by atomic mass is 16.4. The summed E-state index contributed by atoms with van der Waals surface area (Å²) in [7, 11) is 0. The normalized spacial score (nSPS) is 36.0. The van der Waals surface area contributed by atoms with E-state index in [1.54, 1.807) is 5.57 Å². The average Bonchev–Trinajstić information content (AvgIpc) is 2.53. The quantitative estimate of drug-likeness (QED) is 0.677. The van der Waals surface area contributed by atoms with Gasteiger partial charge >= 0.3 is 5.97 Å². The molecule has 0 aromatic rings. The fraction of sp³-hybridized carbons (Fsp3) is 0.739. The number of ketones is 1. The SMILES string of the molecule is CC(C)=O.CC(C)C1=CC2=CCC3[C@](C)(C(=O)O)CCC[C@]3(C)[C@H]2CC1. The lowest BCUT2D eigenvalue weighted by atomic mass is 9.47. The Kier molecular flexibility index (Phi) is 6.20. The average molecular weight is 361 g/mol. The lowest BCUT2D eigenvalue weighted by molar-refractivity contribution is -0.162. The van der Waals surface area contributed by atoms with Crippen LogP contribution < -0.4 is 0 Å². The highest BCUT2D eigenvalue weighted by Crippen LogP contribution is 2.62. The van der Waals surface area contributed by atoms with Crippen molar-refractivity contribution in [2.24, 2.45) is 28.6 Å². The van der Waals surface area contributed by atoms with Gasteiger partial charge in [-0.3, -0.25) is 4.79 Å². The van der Waals surface area contributed by atoms with Crippen LogP contribution in [-0.4, -0.2) is 16.9 Å². The molecule has 0 radical (unpaired) electrons. The summed E-state index contributed by atoms with van der Waals surface area (Å²) in [6.07, 6.45) is 11.2. The molecule has 0 heterocycles. The summed E-state index contributed by atoms with van der Waals surface area (Å²) in [5.41, 5.74) is 2.69. The number of aliphatic carboxylic acids is 1. The second-order valence-corrected chi connectivity index (χ2v) is 9.45. The number of fused-ring (bicyclic) bond motifs is 3. The largest absolute Gasteiger partial charge is 0.481 e. The summed E-state index contributed by atoms with van der Waals surface area (Å²) >= 11 is 0. The summed E-state index contributed by atoms with van der Waals surface area (Å²) in [5.74, 6) is 1.05. The molecular formula is C23H36O3. The Hall–Kier alpha value is -1.38. The topological polar surface area (TPSA) is 54.4 Å². The first-order valence-corrected chi connectivity index (χ1v) is 10.1. The van der Waals surface area contributed by atoms with E-state index in [4.69, 9.17) is 0 Å². The monoisotopic (exact) mass is 360 g/mol. The Labute approximate surface area is 158 Å². The first kappa shape index (κ1) is 20.9. The Bertz CT molecular complexity index is 623. The van der Waals surface area contributed by atoms with Gasteiger partial charge in [0.1, 0.15) is 5.78 Å². The van der Waals surface area contributed by atoms with Crippen molar-refractivity contribution in [2.75, 3.05) is 0 Å². The Morgan fingerprint density at radius 2 is 1.81 bits per heavy atom. The number of hydrogen-bond donors (Lipinski definition) is 1. The fourth-order valence-corrected chi connectivity index (χ4v) is 5.60. The second kappa shape index (κ2) is 7.70. The van der Waals surface area contributed by atoms with Crippen LogP contribution in [0.4, 0.5) is 0 Å². The van der Waals surface area contributed by atoms with Crippen molar-refractivity contribution in [3.63, 3.8) is 0 Å². The highest BCUT2D eigenvalue weighted by molar-refractivity contribution is 5.75. The highest BCUT2D eigenvalue weighted by Gasteiger charge is 2.57. The van der Waals surface area contributed by atoms with Crippen LogP contribution in [0.2, 0.25) is 0 Å². The standard InChI is InChI=1S/C20H30O2.C3H6O/c1-13(2)14-6-8-16-15(12-14)7-9-17-19(16,3)10-5-11-20(17,4)18(21)22;1-3(2)4/h7,12-13,16-17H,5-6,8-11H2,1-4H3,(H,21,22);1-2H3/t16-,17?,19+,20+;/m0./s1. The molecular weight excluding hydrogens is 324 g/mol. The number of carboxylic acid groups (broad SMARTS) is 1. The van der Waals surface area contributed by atoms with Crippen molar-refractivity contribution < 1.29 is 14.7 Å². The molecule has 4 atom stereocenters. The third-order valence-corrected chi connectivity index (χ3v) is 7.07. The summed E-state index contributed by atoms with van der Waals surface area (Å²) in [5, 5.41) is 9.83. The third kappa shape index (κ3) is 3.82. The molecule has 0 aliphatic heterocycles. The zero-order valence-corrected chi connectivity index (χ0v) is 17.4. The summed E-state index contributed by atoms with van der Waals surface area (Å²) in [6, 6.07) is 0. The predicted molar refractivity (Wildman–Crippen MR) is 106 cm³/mol. The molecule has 1 unspecified atom stereocenters. The van der Waals surface area contributed by atoms with E-state index in [0.29, 0.717) is 11.8 Å². The van der Waals surface area contributed by atoms with E-state index < -0.39 is 11.4 Å². The Balaban J connectivity index is 0.000000552. The number of hydrogen-bond acceptors (Lipinski definition) is 2. The first-order chi connectivity index (χ1) is 12.0. The number of carbonyl (C=O) groups excluding carboxylic acids is 1. The third-order valence-electron chi connectivity index (χ3n) is 7.07. The van der Waals surface area contributed by atoms with E-state index in [1.807, 2.05) is 6.92 Å². The second-order valence-electron chi connectivity index (χ2n) is 9.45. The maximum Gasteiger partial charge on any atom is 0.309 e. The van der Waals surface area contributed by atoms with E-state index in [9.17, 15) is 14.7 Å². The zero-order valence-electron chi connectivity index (χ0n) is 17.4. The minimum Gasteiger partial charge on any atom is -0.481 e. The minimum atomic E-state index is -0.588. The van der Waals surface area contributed by atoms with E-state index >= 15 is 0 Å². The minimum absolute atomic E-state index is 0.161. The van der Waals surface area contributed by atoms with Gasteiger partial charge in [-0.15, -0.1) is 0 Å². The van der Waals surface area contributed by atoms with Gasteiger partial charge < -0.3 is 9.90 Å². The number of Topliss-reactive ketones (excluding diaryl/α,β-unsaturated/α-hetero) is 1. The first-order valence-electron chi connectivity index (χ1n) is 10.1. The van der Waals surface area contributed by atoms with Gasteiger partial charge in [-0.1, -0.05) is 44.9 Å². The van der Waals surface area contributed by atoms with Crippen molar-refractivity contribution in [3.8, 4) is 0 Å². The van der Waals surface area contributed by atoms with Crippen LogP contribution in [0.5, 0.6) is 0 Å². The van der Waals surface area contributed by atoms with Crippen molar-refractivity contribution in [3.05, 3.63) is 23.3 Å². The van der Waals surface area contributed by atoms with Crippen molar-refractivity contribution in [1.82, 2.24) is 0 Å². The van der Waals surface area contributed by atoms with Gasteiger partial charge in [0.2, 0.25) is 0 Å². The number of allylic oxidation sites excluding steroid dienone is 4. The smallest absolute Gasteiger partial charge is 0.309 e. The summed E-state index contributed by atoms with van der Waals surface area (Å²) in [6.45, 7) is 12.0. The van der Waals surface area contributed by atoms with Gasteiger partial charge in [0.15, 0.2) is 0 Å². The number of carboxylic acids is 1. The molecule has 3 aliphatic rings. The van der Waals surface area contributed by atoms with Crippen LogP contribution in [0.25, 0.3) is 0 Å². The molecule has 3 aliphatic carbocycles. The van der Waals surface area contributed by atoms with Crippen LogP contribution in [0.1, 0.15) is 80.1 Å². The lowest BCUT2D eigenvalue weighted by Crippen LogP contribution is -2.53. The Morgan fingerprint density at radius 1 is 1.19 bits per heavy atom. The molecule has 1 saturated carbocycles. The van der Waals surface area contributed by atoms with Gasteiger partial charge in [-0.05, 0) is 81.6 Å². The van der Waals surface area contributed by atoms with Gasteiger partial charge in [0, 0.05) is 0 Å². The summed E-state index contributed by atoms with van der Waals surface area (Å²) < 4.78 is 0. The van der Waals surface area contributed by atoms with E-state index in [-0.39, 0.29) is 17.1 Å². The van der Waals surface area contributed by atoms with Gasteiger partial charge in [0.05, 0.1) is 5.41 Å². The molecule has 0 saturated heterocycles. The van der Waals surface area contributed by atoms with Crippen LogP contribution >= 0.6 is 0 Å². The molecule has 0 aromatic heterocycles. The summed E-state index contributed by atoms with van der Waals surface area (Å²) in [4.78, 5) is 21.4. The molecule has 3 heteroatoms. The van der Waals surface area contributed by atoms with Gasteiger partial charge in [-0.25, -0.2) is 0 Å². The maximum absolute atomic E-state index is 11.9. The Morgan fingerprint density at radius 3 is 2.35 bits per heavy atom. The van der Waals surface area contributed by atoms with Crippen LogP contribution in [0, 0.1) is 28.6 Å². The number of rotatable bonds is 2. The van der Waals surface area contributed by atoms with Crippen LogP contribution in [0.3, 0.4) is 0 Å². The molecule has 1 N–H and O–H groups in total. The van der Waals surface area contributed by atoms with Crippen LogP contribution in [-0.2, 0) is 9.59 Å². The van der Waals surface area contributed by atoms with Gasteiger partial charge in [-0.2, -0.15) is 0 Å². The van der Waals surface area contributed by atoms with Crippen LogP contribution in [0.15, 0.2) is 23.3 Å². The van der Waals surface area contributed by atoms with Crippen molar-refractivity contribution >= 4 is 11.8 Å². The molecule has 1 fully saturated rings. The number of carbonyl (C=O) groups is 2. The molecule has 146 valence electrons. The molecule has 3 rings (SSSR count). The molecule has 3 nitrogen and oxygen atoms in total. The van der Waals surface area contributed by atoms with E-state index in [2.05, 4.69) is 32.9 Å². The van der Waals surface area contributed by atoms with Gasteiger partial charge in [0.25, 0.3) is 0 Å². The molecule has 0 amide bonds. The molecule has 26 heavy (non-hydrogen) atoms. The molecule has 0 aromatic carbocycles. The zero-order chi connectivity index (χ0) is 19.7. The van der Waals surface area contributed by atoms with Crippen molar-refractivity contribution in [2.45, 2.75) is 80.1 Å². The molecule has 0 spiro atoms. The maximum atomic E-state index is 11.9. The predicted octanol–water partition coefficient (Wildman–Crippen LogP) is 5.80.